The van der Waals surface area contributed by atoms with Gasteiger partial charge in [-0.2, -0.15) is 0 Å². The van der Waals surface area contributed by atoms with Gasteiger partial charge in [0.2, 0.25) is 0 Å². The van der Waals surface area contributed by atoms with Gasteiger partial charge in [-0.25, -0.2) is 4.79 Å². The number of rotatable bonds is 9. The molecular formula is C19H22N2O4. The monoisotopic (exact) mass is 342 g/mol. The highest BCUT2D eigenvalue weighted by atomic mass is 16.5. The van der Waals surface area contributed by atoms with Crippen molar-refractivity contribution in [3.8, 4) is 16.9 Å². The summed E-state index contributed by atoms with van der Waals surface area (Å²) in [5.41, 5.74) is 2.07. The number of carbonyl (C=O) groups is 2. The zero-order valence-corrected chi connectivity index (χ0v) is 13.9. The molecule has 0 aliphatic carbocycles. The first kappa shape index (κ1) is 18.3. The SMILES string of the molecule is O=C(O)CCCNC(=O)NCCOc1ccccc1-c1ccccc1. The van der Waals surface area contributed by atoms with E-state index in [9.17, 15) is 9.59 Å². The van der Waals surface area contributed by atoms with Crippen molar-refractivity contribution >= 4 is 12.0 Å². The van der Waals surface area contributed by atoms with Crippen LogP contribution in [0.15, 0.2) is 54.6 Å². The second-order valence-corrected chi connectivity index (χ2v) is 5.39. The summed E-state index contributed by atoms with van der Waals surface area (Å²) in [4.78, 5) is 21.9. The van der Waals surface area contributed by atoms with Crippen LogP contribution in [0.4, 0.5) is 4.79 Å². The maximum absolute atomic E-state index is 11.6. The standard InChI is InChI=1S/C19H22N2O4/c22-18(23)11-6-12-20-19(24)21-13-14-25-17-10-5-4-9-16(17)15-7-2-1-3-8-15/h1-5,7-10H,6,11-14H2,(H,22,23)(H2,20,21,24). The summed E-state index contributed by atoms with van der Waals surface area (Å²) in [5.74, 6) is -0.106. The van der Waals surface area contributed by atoms with E-state index in [1.165, 1.54) is 0 Å². The van der Waals surface area contributed by atoms with Crippen molar-refractivity contribution in [1.82, 2.24) is 10.6 Å². The van der Waals surface area contributed by atoms with Crippen LogP contribution in [0.1, 0.15) is 12.8 Å². The van der Waals surface area contributed by atoms with Gasteiger partial charge >= 0.3 is 12.0 Å². The molecule has 0 bridgehead atoms. The van der Waals surface area contributed by atoms with Gasteiger partial charge in [-0.1, -0.05) is 48.5 Å². The van der Waals surface area contributed by atoms with Gasteiger partial charge in [-0.3, -0.25) is 4.79 Å². The first-order valence-electron chi connectivity index (χ1n) is 8.17. The van der Waals surface area contributed by atoms with Crippen LogP contribution in [-0.2, 0) is 4.79 Å². The minimum absolute atomic E-state index is 0.0413. The van der Waals surface area contributed by atoms with Crippen LogP contribution in [0, 0.1) is 0 Å². The van der Waals surface area contributed by atoms with Crippen LogP contribution in [-0.4, -0.2) is 36.8 Å². The molecule has 0 fully saturated rings. The molecule has 2 rings (SSSR count). The first-order valence-corrected chi connectivity index (χ1v) is 8.17. The molecular weight excluding hydrogens is 320 g/mol. The molecule has 25 heavy (non-hydrogen) atoms. The molecule has 2 aromatic rings. The number of carboxylic acid groups (broad SMARTS) is 1. The molecule has 0 spiro atoms. The van der Waals surface area contributed by atoms with Crippen LogP contribution >= 0.6 is 0 Å². The van der Waals surface area contributed by atoms with Crippen molar-refractivity contribution in [3.63, 3.8) is 0 Å². The number of benzene rings is 2. The Bertz CT molecular complexity index is 689. The average molecular weight is 342 g/mol. The van der Waals surface area contributed by atoms with Crippen molar-refractivity contribution in [3.05, 3.63) is 54.6 Å². The van der Waals surface area contributed by atoms with Gasteiger partial charge in [0.25, 0.3) is 0 Å². The molecule has 0 aliphatic rings. The van der Waals surface area contributed by atoms with Crippen LogP contribution in [0.2, 0.25) is 0 Å². The fraction of sp³-hybridized carbons (Fsp3) is 0.263. The lowest BCUT2D eigenvalue weighted by atomic mass is 10.1. The van der Waals surface area contributed by atoms with Crippen molar-refractivity contribution < 1.29 is 19.4 Å². The fourth-order valence-corrected chi connectivity index (χ4v) is 2.28. The highest BCUT2D eigenvalue weighted by Crippen LogP contribution is 2.29. The number of hydrogen-bond donors (Lipinski definition) is 3. The predicted molar refractivity (Wildman–Crippen MR) is 95.6 cm³/mol. The Kier molecular flexibility index (Phi) is 7.31. The Balaban J connectivity index is 1.74. The Hall–Kier alpha value is -3.02. The highest BCUT2D eigenvalue weighted by molar-refractivity contribution is 5.74. The number of amides is 2. The fourth-order valence-electron chi connectivity index (χ4n) is 2.28. The van der Waals surface area contributed by atoms with Gasteiger partial charge in [0.05, 0.1) is 6.54 Å². The Labute approximate surface area is 146 Å². The van der Waals surface area contributed by atoms with E-state index in [2.05, 4.69) is 10.6 Å². The number of para-hydroxylation sites is 1. The van der Waals surface area contributed by atoms with Crippen molar-refractivity contribution in [1.29, 1.82) is 0 Å². The number of urea groups is 1. The summed E-state index contributed by atoms with van der Waals surface area (Å²) < 4.78 is 5.78. The van der Waals surface area contributed by atoms with E-state index >= 15 is 0 Å². The zero-order valence-electron chi connectivity index (χ0n) is 13.9. The third kappa shape index (κ3) is 6.55. The largest absolute Gasteiger partial charge is 0.491 e. The quantitative estimate of drug-likeness (QED) is 0.612. The average Bonchev–Trinajstić information content (AvgIpc) is 2.63. The topological polar surface area (TPSA) is 87.7 Å². The van der Waals surface area contributed by atoms with E-state index in [1.807, 2.05) is 54.6 Å². The van der Waals surface area contributed by atoms with Gasteiger partial charge in [0.1, 0.15) is 12.4 Å². The van der Waals surface area contributed by atoms with E-state index < -0.39 is 5.97 Å². The zero-order chi connectivity index (χ0) is 17.9. The van der Waals surface area contributed by atoms with E-state index in [1.54, 1.807) is 0 Å². The van der Waals surface area contributed by atoms with Crippen LogP contribution < -0.4 is 15.4 Å². The molecule has 0 radical (unpaired) electrons. The van der Waals surface area contributed by atoms with Gasteiger partial charge in [0.15, 0.2) is 0 Å². The Morgan fingerprint density at radius 2 is 1.60 bits per heavy atom. The van der Waals surface area contributed by atoms with Gasteiger partial charge < -0.3 is 20.5 Å². The predicted octanol–water partition coefficient (Wildman–Crippen LogP) is 2.90. The molecule has 3 N–H and O–H groups in total. The molecule has 0 aromatic heterocycles. The van der Waals surface area contributed by atoms with Crippen molar-refractivity contribution in [2.75, 3.05) is 19.7 Å². The van der Waals surface area contributed by atoms with Gasteiger partial charge in [-0.05, 0) is 18.1 Å². The summed E-state index contributed by atoms with van der Waals surface area (Å²) in [5, 5.41) is 13.8. The lowest BCUT2D eigenvalue weighted by Gasteiger charge is -2.12. The minimum Gasteiger partial charge on any atom is -0.491 e. The van der Waals surface area contributed by atoms with E-state index in [0.29, 0.717) is 26.1 Å². The van der Waals surface area contributed by atoms with Crippen LogP contribution in [0.3, 0.4) is 0 Å². The number of ether oxygens (including phenoxy) is 1. The van der Waals surface area contributed by atoms with Gasteiger partial charge in [0, 0.05) is 18.5 Å². The first-order chi connectivity index (χ1) is 12.2. The molecule has 0 aliphatic heterocycles. The molecule has 2 aromatic carbocycles. The van der Waals surface area contributed by atoms with E-state index in [0.717, 1.165) is 16.9 Å². The third-order valence-electron chi connectivity index (χ3n) is 3.47. The molecule has 2 amide bonds. The number of hydrogen-bond acceptors (Lipinski definition) is 3. The Morgan fingerprint density at radius 1 is 0.920 bits per heavy atom. The third-order valence-corrected chi connectivity index (χ3v) is 3.47. The minimum atomic E-state index is -0.868. The number of carboxylic acids is 1. The normalized spacial score (nSPS) is 10.1. The van der Waals surface area contributed by atoms with Crippen molar-refractivity contribution in [2.45, 2.75) is 12.8 Å². The smallest absolute Gasteiger partial charge is 0.314 e. The second kappa shape index (κ2) is 9.97. The number of nitrogens with one attached hydrogen (secondary N) is 2. The summed E-state index contributed by atoms with van der Waals surface area (Å²) in [6.07, 6.45) is 0.448. The van der Waals surface area contributed by atoms with Crippen LogP contribution in [0.25, 0.3) is 11.1 Å². The van der Waals surface area contributed by atoms with E-state index in [4.69, 9.17) is 9.84 Å². The molecule has 0 unspecified atom stereocenters. The molecule has 132 valence electrons. The highest BCUT2D eigenvalue weighted by Gasteiger charge is 2.05. The lowest BCUT2D eigenvalue weighted by molar-refractivity contribution is -0.137. The number of aliphatic carboxylic acids is 1. The molecule has 0 heterocycles. The molecule has 0 saturated heterocycles. The maximum atomic E-state index is 11.6. The Morgan fingerprint density at radius 3 is 2.36 bits per heavy atom. The summed E-state index contributed by atoms with van der Waals surface area (Å²) in [6, 6.07) is 17.4. The summed E-state index contributed by atoms with van der Waals surface area (Å²) in [7, 11) is 0. The molecule has 0 saturated carbocycles. The van der Waals surface area contributed by atoms with Crippen molar-refractivity contribution in [2.24, 2.45) is 0 Å². The summed E-state index contributed by atoms with van der Waals surface area (Å²) >= 11 is 0. The molecule has 0 atom stereocenters. The second-order valence-electron chi connectivity index (χ2n) is 5.39. The molecule has 6 heteroatoms. The van der Waals surface area contributed by atoms with Crippen LogP contribution in [0.5, 0.6) is 5.75 Å². The lowest BCUT2D eigenvalue weighted by Crippen LogP contribution is -2.38. The van der Waals surface area contributed by atoms with Gasteiger partial charge in [-0.15, -0.1) is 0 Å². The molecule has 6 nitrogen and oxygen atoms in total. The maximum Gasteiger partial charge on any atom is 0.314 e. The number of carbonyl (C=O) groups excluding carboxylic acids is 1. The summed E-state index contributed by atoms with van der Waals surface area (Å²) in [6.45, 7) is 1.02. The van der Waals surface area contributed by atoms with E-state index in [-0.39, 0.29) is 12.5 Å².